The molecule has 1 saturated heterocycles. The average molecular weight is 367 g/mol. The molecule has 0 spiro atoms. The number of sulfone groups is 1. The number of hydrogen-bond donors (Lipinski definition) is 0. The summed E-state index contributed by atoms with van der Waals surface area (Å²) < 4.78 is 33.9. The van der Waals surface area contributed by atoms with Crippen LogP contribution < -0.4 is 4.74 Å². The van der Waals surface area contributed by atoms with E-state index in [1.165, 1.54) is 6.08 Å². The van der Waals surface area contributed by atoms with Crippen LogP contribution in [0.1, 0.15) is 18.9 Å². The molecule has 0 radical (unpaired) electrons. The molecule has 0 bridgehead atoms. The lowest BCUT2D eigenvalue weighted by atomic mass is 10.2. The van der Waals surface area contributed by atoms with Crippen molar-refractivity contribution in [3.63, 3.8) is 0 Å². The van der Waals surface area contributed by atoms with Crippen LogP contribution in [0.15, 0.2) is 30.3 Å². The van der Waals surface area contributed by atoms with Crippen molar-refractivity contribution < 1.29 is 22.7 Å². The molecule has 1 unspecified atom stereocenters. The Labute approximate surface area is 149 Å². The molecule has 0 aliphatic carbocycles. The van der Waals surface area contributed by atoms with Gasteiger partial charge >= 0.3 is 0 Å². The number of amides is 1. The first-order valence-electron chi connectivity index (χ1n) is 8.36. The lowest BCUT2D eigenvalue weighted by Crippen LogP contribution is -2.42. The van der Waals surface area contributed by atoms with E-state index in [0.717, 1.165) is 11.3 Å². The van der Waals surface area contributed by atoms with Gasteiger partial charge in [-0.05, 0) is 37.1 Å². The zero-order valence-electron chi connectivity index (χ0n) is 14.7. The molecule has 1 aliphatic heterocycles. The van der Waals surface area contributed by atoms with E-state index in [0.29, 0.717) is 26.2 Å². The topological polar surface area (TPSA) is 72.9 Å². The maximum atomic E-state index is 12.6. The third kappa shape index (κ3) is 5.86. The van der Waals surface area contributed by atoms with Gasteiger partial charge < -0.3 is 14.4 Å². The van der Waals surface area contributed by atoms with Gasteiger partial charge in [0.1, 0.15) is 5.75 Å². The van der Waals surface area contributed by atoms with Gasteiger partial charge in [-0.15, -0.1) is 0 Å². The van der Waals surface area contributed by atoms with Crippen LogP contribution in [0.3, 0.4) is 0 Å². The summed E-state index contributed by atoms with van der Waals surface area (Å²) >= 11 is 0. The highest BCUT2D eigenvalue weighted by Gasteiger charge is 2.33. The number of nitrogens with zero attached hydrogens (tertiary/aromatic N) is 1. The molecule has 0 aromatic heterocycles. The van der Waals surface area contributed by atoms with E-state index in [1.807, 2.05) is 31.2 Å². The van der Waals surface area contributed by atoms with Crippen molar-refractivity contribution in [2.45, 2.75) is 19.4 Å². The van der Waals surface area contributed by atoms with E-state index in [-0.39, 0.29) is 23.5 Å². The highest BCUT2D eigenvalue weighted by atomic mass is 32.2. The first-order valence-corrected chi connectivity index (χ1v) is 10.2. The Kier molecular flexibility index (Phi) is 7.01. The van der Waals surface area contributed by atoms with Gasteiger partial charge in [-0.3, -0.25) is 4.79 Å². The number of benzene rings is 1. The van der Waals surface area contributed by atoms with Crippen molar-refractivity contribution in [1.82, 2.24) is 4.90 Å². The minimum atomic E-state index is -3.05. The summed E-state index contributed by atoms with van der Waals surface area (Å²) in [6.45, 7) is 3.28. The summed E-state index contributed by atoms with van der Waals surface area (Å²) in [7, 11) is -1.49. The van der Waals surface area contributed by atoms with Gasteiger partial charge in [-0.2, -0.15) is 0 Å². The molecule has 0 N–H and O–H groups in total. The quantitative estimate of drug-likeness (QED) is 0.655. The van der Waals surface area contributed by atoms with Gasteiger partial charge in [0.05, 0.1) is 24.7 Å². The second-order valence-corrected chi connectivity index (χ2v) is 8.15. The van der Waals surface area contributed by atoms with Gasteiger partial charge in [-0.25, -0.2) is 8.42 Å². The lowest BCUT2D eigenvalue weighted by molar-refractivity contribution is -0.128. The molecule has 1 amide bonds. The van der Waals surface area contributed by atoms with E-state index in [2.05, 4.69) is 0 Å². The molecular weight excluding hydrogens is 342 g/mol. The van der Waals surface area contributed by atoms with Gasteiger partial charge in [0.2, 0.25) is 5.91 Å². The van der Waals surface area contributed by atoms with Crippen LogP contribution in [0.5, 0.6) is 5.75 Å². The molecule has 1 aromatic rings. The van der Waals surface area contributed by atoms with Crippen molar-refractivity contribution in [2.24, 2.45) is 0 Å². The molecule has 1 atom stereocenters. The number of carbonyl (C=O) groups is 1. The first-order chi connectivity index (χ1) is 11.9. The highest BCUT2D eigenvalue weighted by Crippen LogP contribution is 2.19. The Morgan fingerprint density at radius 1 is 1.32 bits per heavy atom. The zero-order chi connectivity index (χ0) is 18.3. The van der Waals surface area contributed by atoms with E-state index in [9.17, 15) is 13.2 Å². The zero-order valence-corrected chi connectivity index (χ0v) is 15.5. The summed E-state index contributed by atoms with van der Waals surface area (Å²) in [6.07, 6.45) is 3.69. The second-order valence-electron chi connectivity index (χ2n) is 5.92. The maximum Gasteiger partial charge on any atom is 0.246 e. The Morgan fingerprint density at radius 3 is 2.60 bits per heavy atom. The fraction of sp³-hybridized carbons (Fsp3) is 0.500. The molecule has 25 heavy (non-hydrogen) atoms. The van der Waals surface area contributed by atoms with Crippen LogP contribution in [0.25, 0.3) is 6.08 Å². The number of rotatable bonds is 8. The Balaban J connectivity index is 2.05. The van der Waals surface area contributed by atoms with Crippen LogP contribution in [0.2, 0.25) is 0 Å². The molecule has 1 aliphatic rings. The summed E-state index contributed by atoms with van der Waals surface area (Å²) in [6, 6.07) is 7.15. The van der Waals surface area contributed by atoms with Crippen LogP contribution in [-0.4, -0.2) is 63.6 Å². The Hall–Kier alpha value is -1.86. The van der Waals surface area contributed by atoms with Crippen molar-refractivity contribution in [3.05, 3.63) is 35.9 Å². The summed E-state index contributed by atoms with van der Waals surface area (Å²) in [4.78, 5) is 14.2. The van der Waals surface area contributed by atoms with E-state index >= 15 is 0 Å². The number of hydrogen-bond acceptors (Lipinski definition) is 5. The van der Waals surface area contributed by atoms with Crippen molar-refractivity contribution in [2.75, 3.05) is 38.4 Å². The van der Waals surface area contributed by atoms with E-state index in [4.69, 9.17) is 9.47 Å². The Morgan fingerprint density at radius 2 is 2.04 bits per heavy atom. The van der Waals surface area contributed by atoms with E-state index < -0.39 is 9.84 Å². The summed E-state index contributed by atoms with van der Waals surface area (Å²) in [5.41, 5.74) is 0.877. The monoisotopic (exact) mass is 367 g/mol. The largest absolute Gasteiger partial charge is 0.494 e. The van der Waals surface area contributed by atoms with E-state index in [1.54, 1.807) is 18.1 Å². The van der Waals surface area contributed by atoms with Crippen molar-refractivity contribution in [1.29, 1.82) is 0 Å². The standard InChI is InChI=1S/C18H25NO5S/c1-3-24-17-7-4-15(5-8-17)6-9-18(20)19(11-12-23-2)16-10-13-25(21,22)14-16/h4-9,16H,3,10-14H2,1-2H3/b9-6+. The normalized spacial score (nSPS) is 19.2. The fourth-order valence-corrected chi connectivity index (χ4v) is 4.52. The Bertz CT molecular complexity index is 697. The average Bonchev–Trinajstić information content (AvgIpc) is 2.94. The predicted octanol–water partition coefficient (Wildman–Crippen LogP) is 1.76. The lowest BCUT2D eigenvalue weighted by Gasteiger charge is -2.26. The second kappa shape index (κ2) is 9.01. The number of carbonyl (C=O) groups excluding carboxylic acids is 1. The number of methoxy groups -OCH3 is 1. The molecule has 7 heteroatoms. The SMILES string of the molecule is CCOc1ccc(/C=C/C(=O)N(CCOC)C2CCS(=O)(=O)C2)cc1. The van der Waals surface area contributed by atoms with Crippen LogP contribution in [0.4, 0.5) is 0 Å². The van der Waals surface area contributed by atoms with Gasteiger partial charge in [-0.1, -0.05) is 12.1 Å². The molecule has 0 saturated carbocycles. The minimum absolute atomic E-state index is 0.0271. The summed E-state index contributed by atoms with van der Waals surface area (Å²) in [5, 5.41) is 0. The fourth-order valence-electron chi connectivity index (χ4n) is 2.79. The molecule has 1 aromatic carbocycles. The van der Waals surface area contributed by atoms with Gasteiger partial charge in [0.25, 0.3) is 0 Å². The first kappa shape index (κ1) is 19.5. The molecule has 1 heterocycles. The summed E-state index contributed by atoms with van der Waals surface area (Å²) in [5.74, 6) is 0.744. The third-order valence-corrected chi connectivity index (χ3v) is 5.83. The third-order valence-electron chi connectivity index (χ3n) is 4.08. The van der Waals surface area contributed by atoms with Gasteiger partial charge in [0.15, 0.2) is 9.84 Å². The van der Waals surface area contributed by atoms with Crippen LogP contribution in [-0.2, 0) is 19.4 Å². The smallest absolute Gasteiger partial charge is 0.246 e. The molecule has 1 fully saturated rings. The molecule has 2 rings (SSSR count). The minimum Gasteiger partial charge on any atom is -0.494 e. The molecule has 138 valence electrons. The van der Waals surface area contributed by atoms with Crippen LogP contribution in [0, 0.1) is 0 Å². The maximum absolute atomic E-state index is 12.6. The van der Waals surface area contributed by atoms with Crippen molar-refractivity contribution in [3.8, 4) is 5.75 Å². The van der Waals surface area contributed by atoms with Crippen molar-refractivity contribution >= 4 is 21.8 Å². The molecular formula is C18H25NO5S. The van der Waals surface area contributed by atoms with Gasteiger partial charge in [0, 0.05) is 25.8 Å². The molecule has 6 nitrogen and oxygen atoms in total. The van der Waals surface area contributed by atoms with Crippen LogP contribution >= 0.6 is 0 Å². The number of ether oxygens (including phenoxy) is 2. The highest BCUT2D eigenvalue weighted by molar-refractivity contribution is 7.91. The predicted molar refractivity (Wildman–Crippen MR) is 97.3 cm³/mol.